The van der Waals surface area contributed by atoms with E-state index < -0.39 is 19.1 Å². The van der Waals surface area contributed by atoms with Crippen molar-refractivity contribution >= 4 is 15.9 Å². The second-order valence-corrected chi connectivity index (χ2v) is 6.08. The van der Waals surface area contributed by atoms with Gasteiger partial charge in [0.05, 0.1) is 4.47 Å². The first kappa shape index (κ1) is 7.05. The summed E-state index contributed by atoms with van der Waals surface area (Å²) in [7, 11) is 0. The highest BCUT2D eigenvalue weighted by Gasteiger charge is 2.24. The zero-order chi connectivity index (χ0) is 17.7. The molecule has 0 amide bonds. The molecule has 0 aliphatic rings. The van der Waals surface area contributed by atoms with Gasteiger partial charge in [-0.15, -0.1) is 0 Å². The number of hydrogen-bond acceptors (Lipinski definition) is 1. The molecule has 0 aliphatic heterocycles. The van der Waals surface area contributed by atoms with Crippen LogP contribution >= 0.6 is 15.9 Å². The average molecular weight is 291 g/mol. The van der Waals surface area contributed by atoms with Crippen molar-refractivity contribution in [2.45, 2.75) is 52.2 Å². The van der Waals surface area contributed by atoms with Gasteiger partial charge in [-0.3, -0.25) is 0 Å². The van der Waals surface area contributed by atoms with Crippen LogP contribution in [0, 0.1) is 0 Å². The lowest BCUT2D eigenvalue weighted by Crippen LogP contribution is -2.16. The van der Waals surface area contributed by atoms with Crippen LogP contribution in [0.3, 0.4) is 0 Å². The van der Waals surface area contributed by atoms with E-state index in [2.05, 4.69) is 15.9 Å². The van der Waals surface area contributed by atoms with Gasteiger partial charge >= 0.3 is 0 Å². The van der Waals surface area contributed by atoms with E-state index >= 15 is 0 Å². The first-order valence-electron chi connectivity index (χ1n) is 8.07. The Morgan fingerprint density at radius 3 is 2.12 bits per heavy atom. The summed E-state index contributed by atoms with van der Waals surface area (Å²) in [5.41, 5.74) is -1.85. The van der Waals surface area contributed by atoms with Crippen molar-refractivity contribution in [2.24, 2.45) is 0 Å². The molecule has 1 aromatic carbocycles. The maximum absolute atomic E-state index is 10.3. The fourth-order valence-electron chi connectivity index (χ4n) is 1.41. The molecule has 0 unspecified atom stereocenters. The molecule has 1 rings (SSSR count). The Labute approximate surface area is 115 Å². The molecule has 0 radical (unpaired) electrons. The minimum absolute atomic E-state index is 0.0909. The van der Waals surface area contributed by atoms with Crippen LogP contribution in [0.1, 0.15) is 60.8 Å². The van der Waals surface area contributed by atoms with E-state index in [0.29, 0.717) is 0 Å². The number of phenols is 1. The molecule has 1 aromatic rings. The highest BCUT2D eigenvalue weighted by atomic mass is 79.9. The summed E-state index contributed by atoms with van der Waals surface area (Å²) in [4.78, 5) is 0. The quantitative estimate of drug-likeness (QED) is 0.731. The van der Waals surface area contributed by atoms with E-state index in [4.69, 9.17) is 8.22 Å². The number of aromatic hydroxyl groups is 1. The molecule has 0 spiro atoms. The summed E-state index contributed by atoms with van der Waals surface area (Å²) in [6.07, 6.45) is 0. The summed E-state index contributed by atoms with van der Waals surface area (Å²) in [5, 5.41) is 10.3. The van der Waals surface area contributed by atoms with E-state index in [1.54, 1.807) is 6.07 Å². The van der Waals surface area contributed by atoms with Gasteiger partial charge < -0.3 is 5.11 Å². The Morgan fingerprint density at radius 2 is 1.69 bits per heavy atom. The summed E-state index contributed by atoms with van der Waals surface area (Å²) < 4.78 is 46.6. The minimum atomic E-state index is -2.80. The number of hydrogen-bond donors (Lipinski definition) is 1. The van der Waals surface area contributed by atoms with Crippen molar-refractivity contribution in [3.8, 4) is 5.75 Å². The van der Waals surface area contributed by atoms with E-state index in [1.165, 1.54) is 6.07 Å². The van der Waals surface area contributed by atoms with Crippen molar-refractivity contribution in [3.63, 3.8) is 0 Å². The van der Waals surface area contributed by atoms with Gasteiger partial charge in [-0.05, 0) is 38.4 Å². The summed E-state index contributed by atoms with van der Waals surface area (Å²) >= 11 is 3.20. The molecule has 1 nitrogen and oxygen atoms in total. The second kappa shape index (κ2) is 4.06. The van der Waals surface area contributed by atoms with Crippen LogP contribution in [-0.2, 0) is 10.8 Å². The highest BCUT2D eigenvalue weighted by molar-refractivity contribution is 9.10. The first-order valence-corrected chi connectivity index (χ1v) is 5.86. The van der Waals surface area contributed by atoms with Gasteiger partial charge in [-0.1, -0.05) is 47.5 Å². The topological polar surface area (TPSA) is 20.2 Å². The summed E-state index contributed by atoms with van der Waals surface area (Å²) in [5.74, 6) is -0.345. The molecule has 1 N–H and O–H groups in total. The van der Waals surface area contributed by atoms with Gasteiger partial charge in [-0.2, -0.15) is 0 Å². The van der Waals surface area contributed by atoms with Crippen molar-refractivity contribution in [1.29, 1.82) is 0 Å². The maximum Gasteiger partial charge on any atom is 0.133 e. The van der Waals surface area contributed by atoms with Gasteiger partial charge in [0.2, 0.25) is 0 Å². The van der Waals surface area contributed by atoms with Crippen LogP contribution in [-0.4, -0.2) is 5.11 Å². The second-order valence-electron chi connectivity index (χ2n) is 5.23. The molecule has 90 valence electrons. The van der Waals surface area contributed by atoms with E-state index in [0.717, 1.165) is 12.5 Å². The molecule has 16 heavy (non-hydrogen) atoms. The molecule has 0 saturated heterocycles. The highest BCUT2D eigenvalue weighted by Crippen LogP contribution is 2.39. The molecule has 0 aromatic heterocycles. The van der Waals surface area contributed by atoms with Gasteiger partial charge in [0, 0.05) is 13.8 Å². The molecule has 0 fully saturated rings. The normalized spacial score (nSPS) is 20.1. The lowest BCUT2D eigenvalue weighted by molar-refractivity contribution is 0.441. The Bertz CT molecular complexity index is 554. The maximum atomic E-state index is 10.3. The summed E-state index contributed by atoms with van der Waals surface area (Å²) in [6, 6.07) is 3.16. The molecule has 0 bridgehead atoms. The van der Waals surface area contributed by atoms with Gasteiger partial charge in [-0.25, -0.2) is 0 Å². The van der Waals surface area contributed by atoms with Crippen LogP contribution in [0.25, 0.3) is 0 Å². The Hall–Kier alpha value is -0.500. The van der Waals surface area contributed by atoms with Crippen LogP contribution < -0.4 is 0 Å². The number of rotatable bonds is 0. The lowest BCUT2D eigenvalue weighted by atomic mass is 9.80. The third-order valence-corrected chi connectivity index (χ3v) is 3.07. The minimum Gasteiger partial charge on any atom is -0.506 e. The van der Waals surface area contributed by atoms with Crippen LogP contribution in [0.15, 0.2) is 16.6 Å². The van der Waals surface area contributed by atoms with Crippen molar-refractivity contribution in [3.05, 3.63) is 27.7 Å². The molecule has 0 saturated carbocycles. The van der Waals surface area contributed by atoms with Crippen molar-refractivity contribution in [2.75, 3.05) is 0 Å². The third-order valence-electron chi connectivity index (χ3n) is 2.47. The molecule has 0 aliphatic carbocycles. The molecular formula is C14H21BrO. The predicted molar refractivity (Wildman–Crippen MR) is 73.2 cm³/mol. The lowest BCUT2D eigenvalue weighted by Gasteiger charge is -2.26. The SMILES string of the molecule is [2H]C([2H])([2H])C(C)(c1cc(C(C)(C)C)cc(Br)c1O)C([2H])([2H])[2H]. The van der Waals surface area contributed by atoms with E-state index in [9.17, 15) is 5.11 Å². The molecule has 2 heteroatoms. The predicted octanol–water partition coefficient (Wildman–Crippen LogP) is 4.75. The Morgan fingerprint density at radius 1 is 1.12 bits per heavy atom. The summed E-state index contributed by atoms with van der Waals surface area (Å²) in [6.45, 7) is 1.34. The molecule has 0 heterocycles. The number of benzene rings is 1. The van der Waals surface area contributed by atoms with Gasteiger partial charge in [0.25, 0.3) is 0 Å². The Kier molecular flexibility index (Phi) is 1.79. The van der Waals surface area contributed by atoms with Crippen molar-refractivity contribution < 1.29 is 13.3 Å². The van der Waals surface area contributed by atoms with E-state index in [-0.39, 0.29) is 21.2 Å². The fraction of sp³-hybridized carbons (Fsp3) is 0.571. The zero-order valence-corrected chi connectivity index (χ0v) is 11.6. The molecule has 0 atom stereocenters. The first-order chi connectivity index (χ1) is 9.53. The van der Waals surface area contributed by atoms with Crippen LogP contribution in [0.2, 0.25) is 0 Å². The van der Waals surface area contributed by atoms with Crippen molar-refractivity contribution in [1.82, 2.24) is 0 Å². The largest absolute Gasteiger partial charge is 0.506 e. The smallest absolute Gasteiger partial charge is 0.133 e. The zero-order valence-electron chi connectivity index (χ0n) is 16.0. The monoisotopic (exact) mass is 290 g/mol. The van der Waals surface area contributed by atoms with Gasteiger partial charge in [0.15, 0.2) is 0 Å². The standard InChI is InChI=1S/C14H21BrO/c1-13(2,3)9-7-10(14(4,5)6)12(16)11(15)8-9/h7-8,16H,1-6H3/i4D3,5D3. The van der Waals surface area contributed by atoms with Gasteiger partial charge in [0.1, 0.15) is 5.75 Å². The number of phenolic OH excluding ortho intramolecular Hbond substituents is 1. The third kappa shape index (κ3) is 2.79. The Balaban J connectivity index is 3.82. The molecular weight excluding hydrogens is 264 g/mol. The van der Waals surface area contributed by atoms with E-state index in [1.807, 2.05) is 20.8 Å². The van der Waals surface area contributed by atoms with Crippen LogP contribution in [0.4, 0.5) is 0 Å². The average Bonchev–Trinajstić information content (AvgIpc) is 2.27. The van der Waals surface area contributed by atoms with Crippen LogP contribution in [0.5, 0.6) is 5.75 Å². The fourth-order valence-corrected chi connectivity index (χ4v) is 1.87. The number of halogens is 1.